The molecule has 3 N–H and O–H groups in total. The summed E-state index contributed by atoms with van der Waals surface area (Å²) in [6.07, 6.45) is -1.12. The fourth-order valence-electron chi connectivity index (χ4n) is 2.33. The summed E-state index contributed by atoms with van der Waals surface area (Å²) >= 11 is 0. The predicted octanol–water partition coefficient (Wildman–Crippen LogP) is 2.60. The lowest BCUT2D eigenvalue weighted by Gasteiger charge is -2.22. The van der Waals surface area contributed by atoms with Gasteiger partial charge in [-0.1, -0.05) is 13.8 Å². The van der Waals surface area contributed by atoms with E-state index in [-0.39, 0.29) is 17.7 Å². The molecule has 2 aliphatic heterocycles. The molecule has 0 aliphatic carbocycles. The molecule has 2 fully saturated rings. The van der Waals surface area contributed by atoms with E-state index < -0.39 is 11.9 Å². The second-order valence-electron chi connectivity index (χ2n) is 5.53. The third-order valence-electron chi connectivity index (χ3n) is 3.18. The summed E-state index contributed by atoms with van der Waals surface area (Å²) in [6, 6.07) is 0. The Morgan fingerprint density at radius 1 is 1.21 bits per heavy atom. The number of nitrogen functional groups attached to an aromatic ring is 1. The topological polar surface area (TPSA) is 82.3 Å². The van der Waals surface area contributed by atoms with E-state index in [9.17, 15) is 13.2 Å². The maximum Gasteiger partial charge on any atom is 0.434 e. The molecule has 24 heavy (non-hydrogen) atoms. The van der Waals surface area contributed by atoms with Crippen LogP contribution in [-0.4, -0.2) is 41.1 Å². The largest absolute Gasteiger partial charge is 0.434 e. The van der Waals surface area contributed by atoms with Gasteiger partial charge < -0.3 is 20.5 Å². The summed E-state index contributed by atoms with van der Waals surface area (Å²) < 4.78 is 46.8. The van der Waals surface area contributed by atoms with Crippen LogP contribution >= 0.6 is 0 Å². The van der Waals surface area contributed by atoms with Crippen molar-refractivity contribution in [2.75, 3.05) is 18.8 Å². The van der Waals surface area contributed by atoms with Crippen LogP contribution < -0.4 is 11.1 Å². The molecule has 0 spiro atoms. The van der Waals surface area contributed by atoms with Gasteiger partial charge in [-0.2, -0.15) is 13.2 Å². The lowest BCUT2D eigenvalue weighted by atomic mass is 10.1. The number of piperidine rings is 1. The monoisotopic (exact) mass is 350 g/mol. The molecule has 2 unspecified atom stereocenters. The molecule has 2 aliphatic rings. The summed E-state index contributed by atoms with van der Waals surface area (Å²) in [5, 5.41) is 3.29. The number of nitrogens with zero attached hydrogens (tertiary/aromatic N) is 2. The molecule has 2 saturated heterocycles. The first-order valence-electron chi connectivity index (χ1n) is 7.88. The molecule has 0 amide bonds. The van der Waals surface area contributed by atoms with E-state index in [0.717, 1.165) is 25.7 Å². The minimum atomic E-state index is -4.47. The Kier molecular flexibility index (Phi) is 7.37. The van der Waals surface area contributed by atoms with Crippen molar-refractivity contribution in [1.82, 2.24) is 15.3 Å². The third-order valence-corrected chi connectivity index (χ3v) is 3.18. The zero-order valence-corrected chi connectivity index (χ0v) is 14.4. The first-order valence-corrected chi connectivity index (χ1v) is 7.88. The number of alkyl halides is 3. The molecule has 1 aromatic heterocycles. The summed E-state index contributed by atoms with van der Waals surface area (Å²) in [7, 11) is 0. The van der Waals surface area contributed by atoms with E-state index >= 15 is 0 Å². The van der Waals surface area contributed by atoms with Crippen molar-refractivity contribution in [3.63, 3.8) is 0 Å². The number of aromatic nitrogens is 2. The number of anilines is 1. The van der Waals surface area contributed by atoms with Gasteiger partial charge in [-0.05, 0) is 26.8 Å². The molecule has 0 aromatic carbocycles. The first kappa shape index (κ1) is 20.6. The maximum absolute atomic E-state index is 11.8. The number of rotatable bonds is 0. The van der Waals surface area contributed by atoms with Crippen molar-refractivity contribution < 1.29 is 22.6 Å². The summed E-state index contributed by atoms with van der Waals surface area (Å²) in [4.78, 5) is 6.28. The quantitative estimate of drug-likeness (QED) is 0.748. The van der Waals surface area contributed by atoms with Crippen LogP contribution in [0.4, 0.5) is 19.0 Å². The van der Waals surface area contributed by atoms with Crippen molar-refractivity contribution in [3.8, 4) is 0 Å². The van der Waals surface area contributed by atoms with Gasteiger partial charge in [0.2, 0.25) is 0 Å². The molecule has 2 atom stereocenters. The van der Waals surface area contributed by atoms with E-state index in [1.165, 1.54) is 0 Å². The Labute approximate surface area is 139 Å². The van der Waals surface area contributed by atoms with Crippen LogP contribution in [0.15, 0.2) is 12.4 Å². The molecule has 0 saturated carbocycles. The Morgan fingerprint density at radius 3 is 2.33 bits per heavy atom. The van der Waals surface area contributed by atoms with E-state index in [1.54, 1.807) is 0 Å². The highest BCUT2D eigenvalue weighted by atomic mass is 19.4. The van der Waals surface area contributed by atoms with Gasteiger partial charge in [0.1, 0.15) is 5.82 Å². The summed E-state index contributed by atoms with van der Waals surface area (Å²) in [6.45, 7) is 9.95. The molecule has 3 rings (SSSR count). The van der Waals surface area contributed by atoms with Gasteiger partial charge in [0, 0.05) is 6.54 Å². The number of halogens is 3. The maximum atomic E-state index is 11.8. The van der Waals surface area contributed by atoms with E-state index in [1.807, 2.05) is 27.7 Å². The van der Waals surface area contributed by atoms with Crippen LogP contribution in [0, 0.1) is 0 Å². The molecule has 9 heteroatoms. The van der Waals surface area contributed by atoms with Crippen molar-refractivity contribution in [2.24, 2.45) is 0 Å². The van der Waals surface area contributed by atoms with Gasteiger partial charge in [0.25, 0.3) is 0 Å². The second kappa shape index (κ2) is 8.59. The van der Waals surface area contributed by atoms with Crippen molar-refractivity contribution in [3.05, 3.63) is 18.1 Å². The number of nitrogens with one attached hydrogen (secondary N) is 1. The van der Waals surface area contributed by atoms with Gasteiger partial charge >= 0.3 is 6.18 Å². The fourth-order valence-corrected chi connectivity index (χ4v) is 2.33. The SMILES string of the molecule is CC.CC1(C)OC2CCNCC2O1.Nc1cncc(C(F)(F)F)n1. The normalized spacial score (nSPS) is 24.8. The minimum Gasteiger partial charge on any atom is -0.382 e. The van der Waals surface area contributed by atoms with Crippen LogP contribution in [0.1, 0.15) is 39.8 Å². The van der Waals surface area contributed by atoms with Gasteiger partial charge in [0.05, 0.1) is 24.6 Å². The average molecular weight is 350 g/mol. The molecule has 6 nitrogen and oxygen atoms in total. The minimum absolute atomic E-state index is 0.236. The number of fused-ring (bicyclic) bond motifs is 1. The highest BCUT2D eigenvalue weighted by Crippen LogP contribution is 2.30. The van der Waals surface area contributed by atoms with Crippen molar-refractivity contribution >= 4 is 5.82 Å². The standard InChI is InChI=1S/C8H15NO2.C5H4F3N3.C2H6/c1-8(2)10-6-3-4-9-5-7(6)11-8;6-5(7,8)3-1-10-2-4(9)11-3;1-2/h6-7,9H,3-5H2,1-2H3;1-2H,(H2,9,11);1-2H3. The Balaban J connectivity index is 0.000000218. The Morgan fingerprint density at radius 2 is 1.83 bits per heavy atom. The second-order valence-corrected chi connectivity index (χ2v) is 5.53. The smallest absolute Gasteiger partial charge is 0.382 e. The average Bonchev–Trinajstić information content (AvgIpc) is 2.83. The fraction of sp³-hybridized carbons (Fsp3) is 0.733. The van der Waals surface area contributed by atoms with Crippen molar-refractivity contribution in [2.45, 2.75) is 58.3 Å². The molecule has 0 bridgehead atoms. The third kappa shape index (κ3) is 6.21. The van der Waals surface area contributed by atoms with Crippen LogP contribution in [-0.2, 0) is 15.7 Å². The van der Waals surface area contributed by atoms with E-state index in [0.29, 0.717) is 12.3 Å². The predicted molar refractivity (Wildman–Crippen MR) is 84.1 cm³/mol. The van der Waals surface area contributed by atoms with Gasteiger partial charge in [0.15, 0.2) is 11.5 Å². The van der Waals surface area contributed by atoms with Crippen LogP contribution in [0.3, 0.4) is 0 Å². The number of nitrogens with two attached hydrogens (primary N) is 1. The molecular weight excluding hydrogens is 325 g/mol. The molecule has 138 valence electrons. The van der Waals surface area contributed by atoms with Crippen LogP contribution in [0.25, 0.3) is 0 Å². The lowest BCUT2D eigenvalue weighted by molar-refractivity contribution is -0.144. The van der Waals surface area contributed by atoms with Crippen LogP contribution in [0.2, 0.25) is 0 Å². The number of ether oxygens (including phenoxy) is 2. The Hall–Kier alpha value is -1.45. The van der Waals surface area contributed by atoms with Gasteiger partial charge in [-0.15, -0.1) is 0 Å². The highest BCUT2D eigenvalue weighted by molar-refractivity contribution is 5.24. The molecule has 1 aromatic rings. The zero-order valence-electron chi connectivity index (χ0n) is 14.4. The summed E-state index contributed by atoms with van der Waals surface area (Å²) in [5.74, 6) is -0.596. The number of hydrogen-bond acceptors (Lipinski definition) is 6. The van der Waals surface area contributed by atoms with Gasteiger partial charge in [-0.25, -0.2) is 4.98 Å². The van der Waals surface area contributed by atoms with Crippen LogP contribution in [0.5, 0.6) is 0 Å². The van der Waals surface area contributed by atoms with Crippen molar-refractivity contribution in [1.29, 1.82) is 0 Å². The highest BCUT2D eigenvalue weighted by Gasteiger charge is 2.42. The van der Waals surface area contributed by atoms with E-state index in [4.69, 9.17) is 15.2 Å². The molecule has 3 heterocycles. The molecule has 0 radical (unpaired) electrons. The zero-order chi connectivity index (χ0) is 18.4. The van der Waals surface area contributed by atoms with Gasteiger partial charge in [-0.3, -0.25) is 4.98 Å². The molecular formula is C15H25F3N4O2. The summed E-state index contributed by atoms with van der Waals surface area (Å²) in [5.41, 5.74) is 3.91. The first-order chi connectivity index (χ1) is 11.2. The number of hydrogen-bond donors (Lipinski definition) is 2. The Bertz CT molecular complexity index is 496. The van der Waals surface area contributed by atoms with E-state index in [2.05, 4.69) is 15.3 Å². The lowest BCUT2D eigenvalue weighted by Crippen LogP contribution is -2.41.